The Labute approximate surface area is 105 Å². The van der Waals surface area contributed by atoms with Gasteiger partial charge in [-0.25, -0.2) is 4.39 Å². The molecule has 0 aliphatic heterocycles. The maximum atomic E-state index is 12.8. The van der Waals surface area contributed by atoms with Crippen molar-refractivity contribution in [1.29, 1.82) is 0 Å². The van der Waals surface area contributed by atoms with E-state index < -0.39 is 29.1 Å². The summed E-state index contributed by atoms with van der Waals surface area (Å²) in [5.41, 5.74) is -1.10. The van der Waals surface area contributed by atoms with E-state index in [-0.39, 0.29) is 11.1 Å². The summed E-state index contributed by atoms with van der Waals surface area (Å²) in [4.78, 5) is 0. The molecule has 0 bridgehead atoms. The SMILES string of the molecule is Oc1cc(-c2ccc(F)cc2O)cc(C(F)(F)F)c1. The fourth-order valence-electron chi connectivity index (χ4n) is 1.68. The molecule has 0 saturated heterocycles. The summed E-state index contributed by atoms with van der Waals surface area (Å²) in [6.07, 6.45) is -4.62. The lowest BCUT2D eigenvalue weighted by atomic mass is 10.0. The Hall–Kier alpha value is -2.24. The highest BCUT2D eigenvalue weighted by Gasteiger charge is 2.31. The molecule has 0 aliphatic rings. The van der Waals surface area contributed by atoms with E-state index in [1.165, 1.54) is 0 Å². The minimum absolute atomic E-state index is 0.00259. The van der Waals surface area contributed by atoms with Gasteiger partial charge in [-0.2, -0.15) is 13.2 Å². The molecule has 0 spiro atoms. The summed E-state index contributed by atoms with van der Waals surface area (Å²) in [6, 6.07) is 5.33. The number of hydrogen-bond acceptors (Lipinski definition) is 2. The van der Waals surface area contributed by atoms with Crippen LogP contribution in [0.1, 0.15) is 5.56 Å². The molecule has 100 valence electrons. The van der Waals surface area contributed by atoms with Crippen molar-refractivity contribution in [1.82, 2.24) is 0 Å². The molecule has 0 radical (unpaired) electrons. The first-order valence-corrected chi connectivity index (χ1v) is 5.17. The van der Waals surface area contributed by atoms with Crippen molar-refractivity contribution in [2.75, 3.05) is 0 Å². The average molecular weight is 272 g/mol. The van der Waals surface area contributed by atoms with Crippen LogP contribution < -0.4 is 0 Å². The first kappa shape index (κ1) is 13.2. The molecule has 2 aromatic rings. The molecule has 0 aromatic heterocycles. The highest BCUT2D eigenvalue weighted by Crippen LogP contribution is 2.37. The van der Waals surface area contributed by atoms with E-state index in [2.05, 4.69) is 0 Å². The van der Waals surface area contributed by atoms with Gasteiger partial charge in [0.2, 0.25) is 0 Å². The van der Waals surface area contributed by atoms with Gasteiger partial charge in [-0.05, 0) is 35.9 Å². The van der Waals surface area contributed by atoms with Gasteiger partial charge in [-0.3, -0.25) is 0 Å². The fourth-order valence-corrected chi connectivity index (χ4v) is 1.68. The number of rotatable bonds is 1. The lowest BCUT2D eigenvalue weighted by Crippen LogP contribution is -2.04. The van der Waals surface area contributed by atoms with Crippen molar-refractivity contribution in [3.63, 3.8) is 0 Å². The molecule has 6 heteroatoms. The van der Waals surface area contributed by atoms with E-state index in [0.29, 0.717) is 6.07 Å². The minimum atomic E-state index is -4.62. The molecule has 0 atom stereocenters. The number of phenolic OH excluding ortho intramolecular Hbond substituents is 2. The number of hydrogen-bond donors (Lipinski definition) is 2. The third kappa shape index (κ3) is 2.78. The molecular weight excluding hydrogens is 264 g/mol. The van der Waals surface area contributed by atoms with E-state index in [9.17, 15) is 27.8 Å². The van der Waals surface area contributed by atoms with Crippen molar-refractivity contribution in [3.05, 3.63) is 47.8 Å². The Bertz CT molecular complexity index is 621. The van der Waals surface area contributed by atoms with Crippen LogP contribution in [0.5, 0.6) is 11.5 Å². The van der Waals surface area contributed by atoms with Gasteiger partial charge in [0, 0.05) is 11.6 Å². The van der Waals surface area contributed by atoms with Crippen molar-refractivity contribution >= 4 is 0 Å². The molecule has 0 unspecified atom stereocenters. The zero-order valence-corrected chi connectivity index (χ0v) is 9.37. The van der Waals surface area contributed by atoms with Crippen LogP contribution in [0.15, 0.2) is 36.4 Å². The Balaban J connectivity index is 2.59. The van der Waals surface area contributed by atoms with E-state index >= 15 is 0 Å². The second-order valence-electron chi connectivity index (χ2n) is 3.93. The van der Waals surface area contributed by atoms with Gasteiger partial charge in [0.05, 0.1) is 5.56 Å². The third-order valence-electron chi connectivity index (χ3n) is 2.52. The maximum absolute atomic E-state index is 12.8. The van der Waals surface area contributed by atoms with Crippen LogP contribution in [0.4, 0.5) is 17.6 Å². The van der Waals surface area contributed by atoms with Gasteiger partial charge in [-0.15, -0.1) is 0 Å². The van der Waals surface area contributed by atoms with Gasteiger partial charge in [0.15, 0.2) is 0 Å². The normalized spacial score (nSPS) is 11.6. The van der Waals surface area contributed by atoms with Crippen molar-refractivity contribution < 1.29 is 27.8 Å². The summed E-state index contributed by atoms with van der Waals surface area (Å²) in [5, 5.41) is 18.8. The standard InChI is InChI=1S/C13H8F4O2/c14-9-1-2-11(12(19)6-9)7-3-8(13(15,16)17)5-10(18)4-7/h1-6,18-19H. The van der Waals surface area contributed by atoms with Crippen molar-refractivity contribution in [2.45, 2.75) is 6.18 Å². The molecular formula is C13H8F4O2. The van der Waals surface area contributed by atoms with Gasteiger partial charge in [0.1, 0.15) is 17.3 Å². The van der Waals surface area contributed by atoms with Gasteiger partial charge >= 0.3 is 6.18 Å². The predicted octanol–water partition coefficient (Wildman–Crippen LogP) is 3.92. The van der Waals surface area contributed by atoms with Crippen LogP contribution in [0.3, 0.4) is 0 Å². The zero-order chi connectivity index (χ0) is 14.2. The van der Waals surface area contributed by atoms with E-state index in [1.54, 1.807) is 0 Å². The summed E-state index contributed by atoms with van der Waals surface area (Å²) < 4.78 is 50.6. The number of halogens is 4. The summed E-state index contributed by atoms with van der Waals surface area (Å²) in [5.74, 6) is -1.80. The van der Waals surface area contributed by atoms with Gasteiger partial charge in [-0.1, -0.05) is 0 Å². The lowest BCUT2D eigenvalue weighted by molar-refractivity contribution is -0.137. The van der Waals surface area contributed by atoms with E-state index in [1.807, 2.05) is 0 Å². The van der Waals surface area contributed by atoms with Crippen LogP contribution in [-0.2, 0) is 6.18 Å². The van der Waals surface area contributed by atoms with Crippen LogP contribution >= 0.6 is 0 Å². The van der Waals surface area contributed by atoms with Crippen LogP contribution in [0.25, 0.3) is 11.1 Å². The summed E-state index contributed by atoms with van der Waals surface area (Å²) in [7, 11) is 0. The number of aromatic hydroxyl groups is 2. The van der Waals surface area contributed by atoms with Gasteiger partial charge < -0.3 is 10.2 Å². The molecule has 0 fully saturated rings. The lowest BCUT2D eigenvalue weighted by Gasteiger charge is -2.11. The minimum Gasteiger partial charge on any atom is -0.508 e. The smallest absolute Gasteiger partial charge is 0.416 e. The average Bonchev–Trinajstić information content (AvgIpc) is 2.26. The quantitative estimate of drug-likeness (QED) is 0.772. The summed E-state index contributed by atoms with van der Waals surface area (Å²) >= 11 is 0. The van der Waals surface area contributed by atoms with E-state index in [4.69, 9.17) is 0 Å². The molecule has 19 heavy (non-hydrogen) atoms. The molecule has 2 aromatic carbocycles. The fraction of sp³-hybridized carbons (Fsp3) is 0.0769. The third-order valence-corrected chi connectivity index (χ3v) is 2.52. The maximum Gasteiger partial charge on any atom is 0.416 e. The van der Waals surface area contributed by atoms with Gasteiger partial charge in [0.25, 0.3) is 0 Å². The molecule has 2 nitrogen and oxygen atoms in total. The molecule has 0 amide bonds. The topological polar surface area (TPSA) is 40.5 Å². The van der Waals surface area contributed by atoms with Crippen LogP contribution in [-0.4, -0.2) is 10.2 Å². The number of benzene rings is 2. The Morgan fingerprint density at radius 2 is 1.58 bits per heavy atom. The first-order valence-electron chi connectivity index (χ1n) is 5.17. The first-order chi connectivity index (χ1) is 8.77. The highest BCUT2D eigenvalue weighted by atomic mass is 19.4. The molecule has 2 N–H and O–H groups in total. The second kappa shape index (κ2) is 4.46. The monoisotopic (exact) mass is 272 g/mol. The Kier molecular flexibility index (Phi) is 3.09. The molecule has 0 saturated carbocycles. The predicted molar refractivity (Wildman–Crippen MR) is 60.2 cm³/mol. The molecule has 0 aliphatic carbocycles. The summed E-state index contributed by atoms with van der Waals surface area (Å²) in [6.45, 7) is 0. The molecule has 0 heterocycles. The highest BCUT2D eigenvalue weighted by molar-refractivity contribution is 5.72. The van der Waals surface area contributed by atoms with Crippen molar-refractivity contribution in [2.24, 2.45) is 0 Å². The van der Waals surface area contributed by atoms with Crippen molar-refractivity contribution in [3.8, 4) is 22.6 Å². The zero-order valence-electron chi connectivity index (χ0n) is 9.37. The Morgan fingerprint density at radius 1 is 0.895 bits per heavy atom. The van der Waals surface area contributed by atoms with Crippen LogP contribution in [0.2, 0.25) is 0 Å². The largest absolute Gasteiger partial charge is 0.508 e. The molecule has 2 rings (SSSR count). The van der Waals surface area contributed by atoms with Crippen LogP contribution in [0, 0.1) is 5.82 Å². The second-order valence-corrected chi connectivity index (χ2v) is 3.93. The number of phenols is 2. The van der Waals surface area contributed by atoms with E-state index in [0.717, 1.165) is 30.3 Å². The number of alkyl halides is 3. The Morgan fingerprint density at radius 3 is 2.16 bits per heavy atom.